The lowest BCUT2D eigenvalue weighted by Crippen LogP contribution is -2.05. The first-order chi connectivity index (χ1) is 13.0. The summed E-state index contributed by atoms with van der Waals surface area (Å²) in [6, 6.07) is 3.67. The number of aromatic nitrogens is 4. The van der Waals surface area contributed by atoms with Crippen LogP contribution in [-0.4, -0.2) is 31.3 Å². The van der Waals surface area contributed by atoms with Gasteiger partial charge in [0.25, 0.3) is 11.1 Å². The van der Waals surface area contributed by atoms with Crippen molar-refractivity contribution in [2.24, 2.45) is 0 Å². The van der Waals surface area contributed by atoms with Crippen molar-refractivity contribution in [2.75, 3.05) is 5.75 Å². The Morgan fingerprint density at radius 2 is 2.15 bits per heavy atom. The van der Waals surface area contributed by atoms with E-state index >= 15 is 0 Å². The zero-order valence-electron chi connectivity index (χ0n) is 14.9. The first kappa shape index (κ1) is 17.7. The number of hydrogen-bond donors (Lipinski definition) is 0. The van der Waals surface area contributed by atoms with E-state index in [-0.39, 0.29) is 11.5 Å². The van der Waals surface area contributed by atoms with E-state index in [0.717, 1.165) is 22.1 Å². The normalized spacial score (nSPS) is 11.2. The molecule has 0 aliphatic rings. The summed E-state index contributed by atoms with van der Waals surface area (Å²) in [5, 5.41) is 11.2. The second-order valence-corrected chi connectivity index (χ2v) is 7.71. The van der Waals surface area contributed by atoms with Crippen LogP contribution < -0.4 is 0 Å². The van der Waals surface area contributed by atoms with Crippen molar-refractivity contribution in [1.82, 2.24) is 19.7 Å². The zero-order chi connectivity index (χ0) is 19.0. The van der Waals surface area contributed by atoms with Crippen molar-refractivity contribution in [1.29, 1.82) is 0 Å². The number of nitrogens with zero attached hydrogens (tertiary/aromatic N) is 4. The molecule has 27 heavy (non-hydrogen) atoms. The van der Waals surface area contributed by atoms with Gasteiger partial charge in [-0.25, -0.2) is 4.98 Å². The van der Waals surface area contributed by atoms with Gasteiger partial charge in [-0.2, -0.15) is 0 Å². The maximum absolute atomic E-state index is 12.7. The van der Waals surface area contributed by atoms with Crippen LogP contribution >= 0.6 is 23.1 Å². The largest absolute Gasteiger partial charge is 0.469 e. The van der Waals surface area contributed by atoms with Gasteiger partial charge >= 0.3 is 0 Å². The Bertz CT molecular complexity index is 1090. The van der Waals surface area contributed by atoms with E-state index in [0.29, 0.717) is 22.4 Å². The van der Waals surface area contributed by atoms with Crippen LogP contribution in [0.5, 0.6) is 0 Å². The van der Waals surface area contributed by atoms with E-state index < -0.39 is 0 Å². The van der Waals surface area contributed by atoms with Crippen LogP contribution in [0.2, 0.25) is 0 Å². The number of carbonyl (C=O) groups is 1. The lowest BCUT2D eigenvalue weighted by atomic mass is 10.2. The first-order valence-corrected chi connectivity index (χ1v) is 10.0. The van der Waals surface area contributed by atoms with Crippen LogP contribution in [0.3, 0.4) is 0 Å². The number of thioether (sulfide) groups is 1. The molecule has 0 fully saturated rings. The van der Waals surface area contributed by atoms with Gasteiger partial charge in [0.2, 0.25) is 0 Å². The summed E-state index contributed by atoms with van der Waals surface area (Å²) in [7, 11) is 0. The fourth-order valence-corrected chi connectivity index (χ4v) is 4.25. The molecule has 0 N–H and O–H groups in total. The Kier molecular flexibility index (Phi) is 4.71. The number of furan rings is 1. The molecule has 0 bridgehead atoms. The Balaban J connectivity index is 1.49. The summed E-state index contributed by atoms with van der Waals surface area (Å²) in [6.45, 7) is 5.72. The van der Waals surface area contributed by atoms with Crippen LogP contribution in [0.1, 0.15) is 27.5 Å². The van der Waals surface area contributed by atoms with E-state index in [4.69, 9.17) is 8.83 Å². The molecular weight excluding hydrogens is 384 g/mol. The highest BCUT2D eigenvalue weighted by molar-refractivity contribution is 7.99. The topological polar surface area (TPSA) is 87.0 Å². The molecule has 0 aliphatic heterocycles. The number of hydrogen-bond acceptors (Lipinski definition) is 8. The molecule has 7 nitrogen and oxygen atoms in total. The molecule has 0 atom stereocenters. The number of Topliss-reactive ketones (excluding diaryl/α,β-unsaturated/α-hetero) is 1. The molecule has 0 spiro atoms. The van der Waals surface area contributed by atoms with E-state index in [1.807, 2.05) is 36.8 Å². The summed E-state index contributed by atoms with van der Waals surface area (Å²) in [5.41, 5.74) is 3.30. The lowest BCUT2D eigenvalue weighted by Gasteiger charge is -2.05. The van der Waals surface area contributed by atoms with Crippen molar-refractivity contribution < 1.29 is 13.6 Å². The fourth-order valence-electron chi connectivity index (χ4n) is 2.85. The van der Waals surface area contributed by atoms with Crippen molar-refractivity contribution in [3.05, 3.63) is 52.7 Å². The molecule has 0 saturated carbocycles. The van der Waals surface area contributed by atoms with Gasteiger partial charge in [-0.1, -0.05) is 11.8 Å². The van der Waals surface area contributed by atoms with Gasteiger partial charge in [0.15, 0.2) is 10.9 Å². The Labute approximate surface area is 163 Å². The molecule has 0 aliphatic carbocycles. The summed E-state index contributed by atoms with van der Waals surface area (Å²) in [6.07, 6.45) is 3.33. The highest BCUT2D eigenvalue weighted by Gasteiger charge is 2.19. The number of rotatable bonds is 6. The Hall–Kier alpha value is -2.65. The number of carbonyl (C=O) groups excluding carboxylic acids is 1. The van der Waals surface area contributed by atoms with Crippen LogP contribution in [-0.2, 0) is 0 Å². The van der Waals surface area contributed by atoms with Crippen LogP contribution in [0.25, 0.3) is 16.6 Å². The second-order valence-electron chi connectivity index (χ2n) is 5.91. The quantitative estimate of drug-likeness (QED) is 0.348. The highest BCUT2D eigenvalue weighted by Crippen LogP contribution is 2.28. The van der Waals surface area contributed by atoms with Gasteiger partial charge in [-0.05, 0) is 32.9 Å². The van der Waals surface area contributed by atoms with Gasteiger partial charge in [0.1, 0.15) is 5.76 Å². The number of ketones is 1. The van der Waals surface area contributed by atoms with Crippen LogP contribution in [0.15, 0.2) is 44.0 Å². The van der Waals surface area contributed by atoms with Crippen LogP contribution in [0.4, 0.5) is 0 Å². The fraction of sp³-hybridized carbons (Fsp3) is 0.222. The van der Waals surface area contributed by atoms with E-state index in [2.05, 4.69) is 15.2 Å². The van der Waals surface area contributed by atoms with Crippen molar-refractivity contribution in [3.8, 4) is 16.6 Å². The van der Waals surface area contributed by atoms with Gasteiger partial charge in [-0.3, -0.25) is 9.36 Å². The minimum atomic E-state index is 0.00940. The average Bonchev–Trinajstić information content (AvgIpc) is 3.41. The molecule has 0 radical (unpaired) electrons. The molecule has 0 amide bonds. The minimum absolute atomic E-state index is 0.00940. The smallest absolute Gasteiger partial charge is 0.277 e. The van der Waals surface area contributed by atoms with Crippen molar-refractivity contribution in [3.63, 3.8) is 0 Å². The van der Waals surface area contributed by atoms with E-state index in [1.54, 1.807) is 18.5 Å². The molecule has 0 saturated heterocycles. The molecule has 9 heteroatoms. The van der Waals surface area contributed by atoms with Crippen molar-refractivity contribution >= 4 is 28.9 Å². The molecule has 4 aromatic rings. The summed E-state index contributed by atoms with van der Waals surface area (Å²) >= 11 is 2.76. The molecule has 0 aromatic carbocycles. The Morgan fingerprint density at radius 1 is 1.30 bits per heavy atom. The predicted octanol–water partition coefficient (Wildman–Crippen LogP) is 4.48. The summed E-state index contributed by atoms with van der Waals surface area (Å²) in [5.74, 6) is 1.32. The van der Waals surface area contributed by atoms with Crippen molar-refractivity contribution in [2.45, 2.75) is 26.0 Å². The third-order valence-corrected chi connectivity index (χ3v) is 5.74. The minimum Gasteiger partial charge on any atom is -0.469 e. The average molecular weight is 400 g/mol. The standard InChI is InChI=1S/C18H16N4O3S2/c1-10-8-14(11(2)22(10)17-19-5-7-26-17)15(23)9-27-18-21-20-16(25-18)13-4-6-24-12(13)3/h4-8H,9H2,1-3H3. The molecule has 4 rings (SSSR count). The molecular formula is C18H16N4O3S2. The van der Waals surface area contributed by atoms with E-state index in [9.17, 15) is 4.79 Å². The first-order valence-electron chi connectivity index (χ1n) is 8.17. The third kappa shape index (κ3) is 3.35. The highest BCUT2D eigenvalue weighted by atomic mass is 32.2. The second kappa shape index (κ2) is 7.16. The maximum Gasteiger partial charge on any atom is 0.277 e. The Morgan fingerprint density at radius 3 is 2.85 bits per heavy atom. The molecule has 4 aromatic heterocycles. The maximum atomic E-state index is 12.7. The zero-order valence-corrected chi connectivity index (χ0v) is 16.6. The summed E-state index contributed by atoms with van der Waals surface area (Å²) in [4.78, 5) is 17.0. The number of thiazole rings is 1. The van der Waals surface area contributed by atoms with Crippen LogP contribution in [0, 0.1) is 20.8 Å². The SMILES string of the molecule is Cc1occc1-c1nnc(SCC(=O)c2cc(C)n(-c3nccs3)c2C)o1. The van der Waals surface area contributed by atoms with Gasteiger partial charge in [0.05, 0.1) is 17.6 Å². The van der Waals surface area contributed by atoms with E-state index in [1.165, 1.54) is 23.1 Å². The predicted molar refractivity (Wildman–Crippen MR) is 103 cm³/mol. The third-order valence-electron chi connectivity index (χ3n) is 4.16. The summed E-state index contributed by atoms with van der Waals surface area (Å²) < 4.78 is 12.9. The lowest BCUT2D eigenvalue weighted by molar-refractivity contribution is 0.102. The van der Waals surface area contributed by atoms with Gasteiger partial charge in [-0.15, -0.1) is 21.5 Å². The van der Waals surface area contributed by atoms with Gasteiger partial charge < -0.3 is 8.83 Å². The van der Waals surface area contributed by atoms with Gasteiger partial charge in [0, 0.05) is 28.5 Å². The molecule has 138 valence electrons. The number of aryl methyl sites for hydroxylation is 2. The monoisotopic (exact) mass is 400 g/mol. The molecule has 4 heterocycles. The molecule has 0 unspecified atom stereocenters.